The molecule has 3 heterocycles. The van der Waals surface area contributed by atoms with E-state index in [4.69, 9.17) is 9.90 Å². The number of fused-ring (bicyclic) bond motifs is 1. The van der Waals surface area contributed by atoms with Crippen LogP contribution in [0.5, 0.6) is 0 Å². The lowest BCUT2D eigenvalue weighted by Gasteiger charge is -2.26. The Bertz CT molecular complexity index is 1180. The van der Waals surface area contributed by atoms with Crippen LogP contribution in [0.25, 0.3) is 11.2 Å². The molecule has 0 atom stereocenters. The van der Waals surface area contributed by atoms with Gasteiger partial charge >= 0.3 is 0 Å². The molecule has 3 N–H and O–H groups in total. The molecule has 35 heavy (non-hydrogen) atoms. The number of nitrogens with zero attached hydrogens (tertiary/aromatic N) is 5. The van der Waals surface area contributed by atoms with Crippen molar-refractivity contribution in [3.05, 3.63) is 40.2 Å². The highest BCUT2D eigenvalue weighted by Gasteiger charge is 2.20. The zero-order valence-electron chi connectivity index (χ0n) is 21.7. The van der Waals surface area contributed by atoms with Gasteiger partial charge in [-0.15, -0.1) is 11.8 Å². The second kappa shape index (κ2) is 15.1. The van der Waals surface area contributed by atoms with Crippen molar-refractivity contribution in [2.45, 2.75) is 34.6 Å². The SMILES string of the molecule is CC.CC#CC.Cc1ccccc1N(C)c1nc2nc(N3CCNCC3)[nH]c2c(=O)n1C.O=CO. The summed E-state index contributed by atoms with van der Waals surface area (Å²) < 4.78 is 1.56. The van der Waals surface area contributed by atoms with Crippen molar-refractivity contribution in [3.63, 3.8) is 0 Å². The van der Waals surface area contributed by atoms with Gasteiger partial charge in [0.15, 0.2) is 11.2 Å². The van der Waals surface area contributed by atoms with Gasteiger partial charge in [-0.2, -0.15) is 9.97 Å². The van der Waals surface area contributed by atoms with Crippen LogP contribution < -0.4 is 20.7 Å². The van der Waals surface area contributed by atoms with Crippen LogP contribution in [0.4, 0.5) is 17.6 Å². The van der Waals surface area contributed by atoms with Crippen LogP contribution in [-0.2, 0) is 11.8 Å². The van der Waals surface area contributed by atoms with Gasteiger partial charge < -0.3 is 25.2 Å². The molecule has 0 saturated carbocycles. The number of nitrogens with one attached hydrogen (secondary N) is 2. The van der Waals surface area contributed by atoms with Crippen LogP contribution in [0, 0.1) is 18.8 Å². The van der Waals surface area contributed by atoms with E-state index in [0.717, 1.165) is 37.4 Å². The number of aromatic amines is 1. The van der Waals surface area contributed by atoms with Crippen LogP contribution in [0.3, 0.4) is 0 Å². The Morgan fingerprint density at radius 1 is 1.11 bits per heavy atom. The molecule has 1 saturated heterocycles. The topological polar surface area (TPSA) is 119 Å². The maximum Gasteiger partial charge on any atom is 0.290 e. The summed E-state index contributed by atoms with van der Waals surface area (Å²) >= 11 is 0. The number of para-hydroxylation sites is 1. The van der Waals surface area contributed by atoms with Gasteiger partial charge in [0.1, 0.15) is 0 Å². The molecule has 0 unspecified atom stereocenters. The Morgan fingerprint density at radius 2 is 1.69 bits per heavy atom. The molecule has 3 aromatic rings. The van der Waals surface area contributed by atoms with E-state index >= 15 is 0 Å². The molecule has 1 aromatic carbocycles. The third kappa shape index (κ3) is 7.58. The molecule has 10 nitrogen and oxygen atoms in total. The average Bonchev–Trinajstić information content (AvgIpc) is 3.33. The molecule has 1 fully saturated rings. The van der Waals surface area contributed by atoms with Gasteiger partial charge in [-0.1, -0.05) is 32.0 Å². The molecule has 0 spiro atoms. The molecule has 190 valence electrons. The molecule has 0 amide bonds. The van der Waals surface area contributed by atoms with E-state index in [-0.39, 0.29) is 12.0 Å². The van der Waals surface area contributed by atoms with E-state index in [9.17, 15) is 4.79 Å². The largest absolute Gasteiger partial charge is 0.483 e. The summed E-state index contributed by atoms with van der Waals surface area (Å²) in [5.41, 5.74) is 2.90. The summed E-state index contributed by atoms with van der Waals surface area (Å²) in [4.78, 5) is 37.7. The Balaban J connectivity index is 0.000000597. The van der Waals surface area contributed by atoms with Gasteiger partial charge in [-0.25, -0.2) is 0 Å². The van der Waals surface area contributed by atoms with Crippen LogP contribution in [-0.4, -0.2) is 64.3 Å². The maximum atomic E-state index is 12.9. The Kier molecular flexibility index (Phi) is 12.6. The first-order valence-corrected chi connectivity index (χ1v) is 11.5. The molecule has 1 aliphatic heterocycles. The van der Waals surface area contributed by atoms with E-state index in [0.29, 0.717) is 23.1 Å². The number of hydrogen-bond donors (Lipinski definition) is 3. The maximum absolute atomic E-state index is 12.9. The Morgan fingerprint density at radius 3 is 2.23 bits per heavy atom. The van der Waals surface area contributed by atoms with Gasteiger partial charge in [0.2, 0.25) is 11.9 Å². The summed E-state index contributed by atoms with van der Waals surface area (Å²) in [6, 6.07) is 8.03. The summed E-state index contributed by atoms with van der Waals surface area (Å²) in [5.74, 6) is 6.64. The van der Waals surface area contributed by atoms with Crippen molar-refractivity contribution in [2.24, 2.45) is 7.05 Å². The standard InChI is InChI=1S/C18H23N7O.C4H6.C2H6.CH2O2/c1-12-6-4-5-7-13(12)23(2)18-22-15-14(16(26)24(18)3)20-17(21-15)25-10-8-19-9-11-25;1-3-4-2;1-2;2-1-3/h4-7,19H,8-11H2,1-3H3,(H,20,21);1-2H3;1-2H3;1H,(H,2,3). The van der Waals surface area contributed by atoms with Gasteiger partial charge in [-0.05, 0) is 32.4 Å². The van der Waals surface area contributed by atoms with Crippen LogP contribution >= 0.6 is 0 Å². The fourth-order valence-electron chi connectivity index (χ4n) is 3.38. The minimum atomic E-state index is -0.250. The minimum Gasteiger partial charge on any atom is -0.483 e. The number of H-pyrrole nitrogens is 1. The lowest BCUT2D eigenvalue weighted by Crippen LogP contribution is -2.44. The van der Waals surface area contributed by atoms with E-state index in [1.165, 1.54) is 0 Å². The lowest BCUT2D eigenvalue weighted by atomic mass is 10.2. The van der Waals surface area contributed by atoms with Crippen molar-refractivity contribution in [3.8, 4) is 11.8 Å². The van der Waals surface area contributed by atoms with Gasteiger partial charge in [0.05, 0.1) is 0 Å². The number of aryl methyl sites for hydroxylation is 1. The molecule has 1 aliphatic rings. The monoisotopic (exact) mass is 483 g/mol. The van der Waals surface area contributed by atoms with Crippen LogP contribution in [0.1, 0.15) is 33.3 Å². The smallest absolute Gasteiger partial charge is 0.290 e. The lowest BCUT2D eigenvalue weighted by molar-refractivity contribution is -0.122. The number of carbonyl (C=O) groups is 1. The van der Waals surface area contributed by atoms with E-state index in [1.54, 1.807) is 11.6 Å². The normalized spacial score (nSPS) is 11.9. The van der Waals surface area contributed by atoms with Gasteiger partial charge in [0, 0.05) is 46.0 Å². The van der Waals surface area contributed by atoms with E-state index in [2.05, 4.69) is 37.0 Å². The number of rotatable bonds is 3. The zero-order valence-corrected chi connectivity index (χ0v) is 21.7. The predicted molar refractivity (Wildman–Crippen MR) is 143 cm³/mol. The molecular weight excluding hydrogens is 446 g/mol. The van der Waals surface area contributed by atoms with Crippen molar-refractivity contribution >= 4 is 35.2 Å². The molecule has 4 rings (SSSR count). The number of hydrogen-bond acceptors (Lipinski definition) is 7. The summed E-state index contributed by atoms with van der Waals surface area (Å²) in [5, 5.41) is 10.2. The van der Waals surface area contributed by atoms with Crippen molar-refractivity contribution in [1.29, 1.82) is 0 Å². The number of piperazine rings is 1. The van der Waals surface area contributed by atoms with E-state index in [1.807, 2.05) is 70.8 Å². The number of aromatic nitrogens is 4. The summed E-state index contributed by atoms with van der Waals surface area (Å²) in [6.45, 7) is 13.0. The number of carboxylic acid groups (broad SMARTS) is 1. The first-order valence-electron chi connectivity index (χ1n) is 11.5. The van der Waals surface area contributed by atoms with Crippen LogP contribution in [0.2, 0.25) is 0 Å². The first kappa shape index (κ1) is 29.2. The molecule has 10 heteroatoms. The third-order valence-corrected chi connectivity index (χ3v) is 5.14. The highest BCUT2D eigenvalue weighted by Crippen LogP contribution is 2.25. The quantitative estimate of drug-likeness (QED) is 0.384. The number of anilines is 3. The summed E-state index contributed by atoms with van der Waals surface area (Å²) in [6.07, 6.45) is 0. The highest BCUT2D eigenvalue weighted by atomic mass is 16.3. The number of benzene rings is 1. The van der Waals surface area contributed by atoms with Crippen molar-refractivity contribution < 1.29 is 9.90 Å². The molecule has 0 radical (unpaired) electrons. The van der Waals surface area contributed by atoms with E-state index < -0.39 is 0 Å². The molecular formula is C25H37N7O3. The second-order valence-corrected chi connectivity index (χ2v) is 7.22. The molecule has 2 aromatic heterocycles. The van der Waals surface area contributed by atoms with Crippen molar-refractivity contribution in [1.82, 2.24) is 24.8 Å². The highest BCUT2D eigenvalue weighted by molar-refractivity contribution is 5.75. The second-order valence-electron chi connectivity index (χ2n) is 7.22. The Labute approximate surface area is 207 Å². The minimum absolute atomic E-state index is 0.126. The first-order chi connectivity index (χ1) is 16.9. The number of imidazole rings is 1. The Hall–Kier alpha value is -3.84. The zero-order chi connectivity index (χ0) is 26.4. The summed E-state index contributed by atoms with van der Waals surface area (Å²) in [7, 11) is 3.66. The average molecular weight is 484 g/mol. The molecule has 0 bridgehead atoms. The van der Waals surface area contributed by atoms with Crippen LogP contribution in [0.15, 0.2) is 29.1 Å². The predicted octanol–water partition coefficient (Wildman–Crippen LogP) is 2.90. The third-order valence-electron chi connectivity index (χ3n) is 5.14. The van der Waals surface area contributed by atoms with Crippen molar-refractivity contribution in [2.75, 3.05) is 43.0 Å². The van der Waals surface area contributed by atoms with Gasteiger partial charge in [0.25, 0.3) is 12.0 Å². The van der Waals surface area contributed by atoms with Gasteiger partial charge in [-0.3, -0.25) is 14.2 Å². The fourth-order valence-corrected chi connectivity index (χ4v) is 3.38. The fraction of sp³-hybridized carbons (Fsp3) is 0.440. The molecule has 0 aliphatic carbocycles.